The fraction of sp³-hybridized carbons (Fsp3) is 0.500. The average Bonchev–Trinajstić information content (AvgIpc) is 3.66. The summed E-state index contributed by atoms with van der Waals surface area (Å²) >= 11 is 1.52. The van der Waals surface area contributed by atoms with Crippen molar-refractivity contribution in [3.63, 3.8) is 0 Å². The molecule has 14 nitrogen and oxygen atoms in total. The lowest BCUT2D eigenvalue weighted by atomic mass is 9.73. The number of nitrogens with one attached hydrogen (secondary N) is 1. The molecule has 7 aliphatic rings. The number of phenolic OH excluding ortho intramolecular Hbond substituents is 1. The van der Waals surface area contributed by atoms with Crippen molar-refractivity contribution in [2.24, 2.45) is 0 Å². The van der Waals surface area contributed by atoms with E-state index in [0.717, 1.165) is 27.8 Å². The maximum absolute atomic E-state index is 14.7. The molecule has 0 radical (unpaired) electrons. The summed E-state index contributed by atoms with van der Waals surface area (Å²) < 4.78 is 42.5. The third-order valence-corrected chi connectivity index (χ3v) is 13.9. The Morgan fingerprint density at radius 3 is 2.47 bits per heavy atom. The zero-order valence-corrected chi connectivity index (χ0v) is 32.6. The van der Waals surface area contributed by atoms with Crippen molar-refractivity contribution in [1.82, 2.24) is 15.1 Å². The standard InChI is InChI=1S/C40H45N3O11S/c1-17-10-21-11-23-38(46)43-24-14-51-39(47)40(22-13-26(48-5)25(45)12-20(22)8-9-41-40)15-55-37(31(43)30(42(23)4)27(21)35(50-7)32(17)49-6)29-28(24)36-34(52-16-53-36)18(2)33(29)54-19(3)44/h10,12-13,23-24,30-31,37-38,41,45-46H,8-9,11,14-16H2,1-7H3/t23-,24-,30+,31?,37+,38-,40+/m0/s1. The number of fused-ring (bicyclic) bond motifs is 9. The highest BCUT2D eigenvalue weighted by Crippen LogP contribution is 2.64. The SMILES string of the molecule is COc1cc2c(cc1O)CCN[C@]21CS[C@@H]2c3c(OC(C)=O)c(C)c4c(c3[C@H](COC1=O)N1C2[C@H]2c3c(cc(C)c(OC)c3OC)C[C@@H]([C@@H]1O)N2C)OCO4. The van der Waals surface area contributed by atoms with E-state index in [2.05, 4.69) is 21.2 Å². The predicted octanol–water partition coefficient (Wildman–Crippen LogP) is 3.72. The summed E-state index contributed by atoms with van der Waals surface area (Å²) in [5.41, 5.74) is 5.07. The third kappa shape index (κ3) is 5.02. The molecule has 2 fully saturated rings. The van der Waals surface area contributed by atoms with Crippen LogP contribution in [0.5, 0.6) is 40.2 Å². The van der Waals surface area contributed by atoms with E-state index in [-0.39, 0.29) is 42.7 Å². The van der Waals surface area contributed by atoms with Crippen LogP contribution in [0.25, 0.3) is 0 Å². The largest absolute Gasteiger partial charge is 0.504 e. The van der Waals surface area contributed by atoms with E-state index >= 15 is 0 Å². The molecule has 55 heavy (non-hydrogen) atoms. The molecule has 7 heterocycles. The van der Waals surface area contributed by atoms with Crippen LogP contribution in [-0.2, 0) is 32.7 Å². The van der Waals surface area contributed by atoms with Gasteiger partial charge >= 0.3 is 11.9 Å². The minimum atomic E-state index is -1.33. The summed E-state index contributed by atoms with van der Waals surface area (Å²) in [7, 11) is 6.78. The van der Waals surface area contributed by atoms with Gasteiger partial charge in [-0.1, -0.05) is 6.07 Å². The highest BCUT2D eigenvalue weighted by atomic mass is 32.2. The highest BCUT2D eigenvalue weighted by Gasteiger charge is 2.61. The van der Waals surface area contributed by atoms with E-state index < -0.39 is 41.0 Å². The van der Waals surface area contributed by atoms with Crippen LogP contribution in [0, 0.1) is 13.8 Å². The second-order valence-electron chi connectivity index (χ2n) is 15.1. The quantitative estimate of drug-likeness (QED) is 0.260. The molecule has 292 valence electrons. The molecule has 0 aliphatic carbocycles. The molecule has 3 N–H and O–H groups in total. The summed E-state index contributed by atoms with van der Waals surface area (Å²) in [5, 5.41) is 26.4. The number of carbonyl (C=O) groups excluding carboxylic acids is 2. The van der Waals surface area contributed by atoms with Crippen LogP contribution < -0.4 is 33.7 Å². The number of nitrogens with zero attached hydrogens (tertiary/aromatic N) is 2. The van der Waals surface area contributed by atoms with E-state index in [9.17, 15) is 19.8 Å². The van der Waals surface area contributed by atoms with Gasteiger partial charge in [-0.25, -0.2) is 4.79 Å². The van der Waals surface area contributed by atoms with Crippen molar-refractivity contribution in [2.75, 3.05) is 54.1 Å². The number of likely N-dealkylation sites (N-methyl/N-ethyl adjacent to an activating group) is 1. The zero-order valence-electron chi connectivity index (χ0n) is 31.8. The molecule has 10 rings (SSSR count). The number of methoxy groups -OCH3 is 3. The molecule has 4 bridgehead atoms. The Kier molecular flexibility index (Phi) is 8.62. The van der Waals surface area contributed by atoms with Crippen molar-refractivity contribution >= 4 is 23.7 Å². The number of carbonyl (C=O) groups is 2. The maximum Gasteiger partial charge on any atom is 0.331 e. The van der Waals surface area contributed by atoms with E-state index in [1.807, 2.05) is 20.9 Å². The number of benzene rings is 3. The maximum atomic E-state index is 14.7. The first kappa shape index (κ1) is 36.2. The highest BCUT2D eigenvalue weighted by molar-refractivity contribution is 7.99. The number of rotatable bonds is 4. The van der Waals surface area contributed by atoms with Crippen molar-refractivity contribution in [3.05, 3.63) is 62.7 Å². The van der Waals surface area contributed by atoms with Crippen molar-refractivity contribution in [3.8, 4) is 40.2 Å². The summed E-state index contributed by atoms with van der Waals surface area (Å²) in [6.07, 6.45) is 0.113. The fourth-order valence-corrected chi connectivity index (χ4v) is 11.9. The van der Waals surface area contributed by atoms with Crippen LogP contribution in [0.2, 0.25) is 0 Å². The van der Waals surface area contributed by atoms with Crippen LogP contribution in [0.3, 0.4) is 0 Å². The van der Waals surface area contributed by atoms with E-state index in [0.29, 0.717) is 64.8 Å². The molecular formula is C40H45N3O11S. The second kappa shape index (κ2) is 13.1. The van der Waals surface area contributed by atoms with Gasteiger partial charge in [-0.3, -0.25) is 19.9 Å². The lowest BCUT2D eigenvalue weighted by Gasteiger charge is -2.62. The first-order chi connectivity index (χ1) is 26.4. The Bertz CT molecular complexity index is 2150. The molecule has 0 amide bonds. The number of thioether (sulfide) groups is 1. The number of aliphatic hydroxyl groups is 1. The first-order valence-corrected chi connectivity index (χ1v) is 19.5. The summed E-state index contributed by atoms with van der Waals surface area (Å²) in [5.74, 6) is 1.98. The zero-order chi connectivity index (χ0) is 38.7. The number of phenols is 1. The summed E-state index contributed by atoms with van der Waals surface area (Å²) in [6.45, 7) is 5.47. The van der Waals surface area contributed by atoms with Gasteiger partial charge in [-0.2, -0.15) is 0 Å². The van der Waals surface area contributed by atoms with Crippen molar-refractivity contribution < 1.29 is 53.0 Å². The number of piperazine rings is 1. The Labute approximate surface area is 322 Å². The van der Waals surface area contributed by atoms with Gasteiger partial charge in [-0.05, 0) is 68.1 Å². The molecule has 0 aromatic heterocycles. The van der Waals surface area contributed by atoms with Gasteiger partial charge in [0.25, 0.3) is 0 Å². The molecule has 3 aromatic rings. The lowest BCUT2D eigenvalue weighted by Crippen LogP contribution is -2.70. The minimum Gasteiger partial charge on any atom is -0.504 e. The lowest BCUT2D eigenvalue weighted by molar-refractivity contribution is -0.186. The Morgan fingerprint density at radius 2 is 1.75 bits per heavy atom. The molecule has 3 aromatic carbocycles. The summed E-state index contributed by atoms with van der Waals surface area (Å²) in [4.78, 5) is 32.0. The molecule has 1 spiro atoms. The normalized spacial score (nSPS) is 29.1. The van der Waals surface area contributed by atoms with Crippen molar-refractivity contribution in [1.29, 1.82) is 0 Å². The topological polar surface area (TPSA) is 158 Å². The number of aryl methyl sites for hydroxylation is 1. The molecule has 2 saturated heterocycles. The number of ether oxygens (including phenoxy) is 7. The van der Waals surface area contributed by atoms with Gasteiger partial charge in [0.05, 0.1) is 44.7 Å². The summed E-state index contributed by atoms with van der Waals surface area (Å²) in [6, 6.07) is 3.58. The number of aliphatic hydroxyl groups excluding tert-OH is 1. The predicted molar refractivity (Wildman–Crippen MR) is 199 cm³/mol. The minimum absolute atomic E-state index is 0.00949. The van der Waals surface area contributed by atoms with Crippen LogP contribution in [-0.4, -0.2) is 104 Å². The van der Waals surface area contributed by atoms with Crippen molar-refractivity contribution in [2.45, 2.75) is 74.8 Å². The number of esters is 2. The van der Waals surface area contributed by atoms with E-state index in [1.54, 1.807) is 26.4 Å². The smallest absolute Gasteiger partial charge is 0.331 e. The number of hydrogen-bond acceptors (Lipinski definition) is 15. The molecular weight excluding hydrogens is 731 g/mol. The average molecular weight is 776 g/mol. The molecule has 15 heteroatoms. The van der Waals surface area contributed by atoms with Gasteiger partial charge in [0, 0.05) is 47.5 Å². The fourth-order valence-electron chi connectivity index (χ4n) is 10.2. The monoisotopic (exact) mass is 775 g/mol. The van der Waals surface area contributed by atoms with Gasteiger partial charge in [0.15, 0.2) is 40.0 Å². The Hall–Kier alpha value is -4.41. The van der Waals surface area contributed by atoms with Gasteiger partial charge in [0.2, 0.25) is 6.79 Å². The second-order valence-corrected chi connectivity index (χ2v) is 16.2. The Balaban J connectivity index is 1.33. The van der Waals surface area contributed by atoms with Crippen LogP contribution in [0.1, 0.15) is 68.8 Å². The van der Waals surface area contributed by atoms with Crippen LogP contribution in [0.15, 0.2) is 18.2 Å². The van der Waals surface area contributed by atoms with Crippen LogP contribution in [0.4, 0.5) is 0 Å². The molecule has 1 unspecified atom stereocenters. The molecule has 0 saturated carbocycles. The number of hydrogen-bond donors (Lipinski definition) is 3. The number of aromatic hydroxyl groups is 1. The molecule has 7 aliphatic heterocycles. The van der Waals surface area contributed by atoms with Gasteiger partial charge in [-0.15, -0.1) is 11.8 Å². The van der Waals surface area contributed by atoms with E-state index in [4.69, 9.17) is 33.2 Å². The third-order valence-electron chi connectivity index (χ3n) is 12.5. The molecule has 7 atom stereocenters. The van der Waals surface area contributed by atoms with Gasteiger partial charge in [0.1, 0.15) is 18.6 Å². The van der Waals surface area contributed by atoms with Gasteiger partial charge < -0.3 is 43.4 Å². The Morgan fingerprint density at radius 1 is 0.982 bits per heavy atom. The first-order valence-electron chi connectivity index (χ1n) is 18.5. The van der Waals surface area contributed by atoms with E-state index in [1.165, 1.54) is 25.8 Å². The van der Waals surface area contributed by atoms with Crippen LogP contribution >= 0.6 is 11.8 Å².